The number of urea groups is 1. The number of halogens is 2. The lowest BCUT2D eigenvalue weighted by atomic mass is 10.1. The Bertz CT molecular complexity index is 365. The van der Waals surface area contributed by atoms with Crippen LogP contribution in [0.4, 0.5) is 10.5 Å². The Hall–Kier alpha value is -0.930. The van der Waals surface area contributed by atoms with Crippen molar-refractivity contribution in [2.24, 2.45) is 0 Å². The number of hydrogen-bond acceptors (Lipinski definition) is 1. The third-order valence-corrected chi connectivity index (χ3v) is 2.38. The van der Waals surface area contributed by atoms with Gasteiger partial charge in [0.05, 0.1) is 5.69 Å². The molecule has 2 N–H and O–H groups in total. The SMILES string of the molecule is O=C1Nc2ccccc2C(Cl)(Cl)N1. The summed E-state index contributed by atoms with van der Waals surface area (Å²) in [5, 5.41) is 4.99. The quantitative estimate of drug-likeness (QED) is 0.508. The predicted octanol–water partition coefficient (Wildman–Crippen LogP) is 2.41. The second-order valence-electron chi connectivity index (χ2n) is 2.70. The van der Waals surface area contributed by atoms with Gasteiger partial charge in [0.1, 0.15) is 0 Å². The van der Waals surface area contributed by atoms with Gasteiger partial charge in [0.25, 0.3) is 0 Å². The van der Waals surface area contributed by atoms with Gasteiger partial charge in [-0.3, -0.25) is 0 Å². The minimum absolute atomic E-state index is 0.399. The number of anilines is 1. The molecule has 1 aromatic rings. The van der Waals surface area contributed by atoms with E-state index < -0.39 is 10.5 Å². The van der Waals surface area contributed by atoms with Crippen LogP contribution in [0.25, 0.3) is 0 Å². The van der Waals surface area contributed by atoms with Gasteiger partial charge in [-0.25, -0.2) is 4.79 Å². The number of nitrogens with one attached hydrogen (secondary N) is 2. The second-order valence-corrected chi connectivity index (χ2v) is 4.03. The van der Waals surface area contributed by atoms with Gasteiger partial charge in [0.2, 0.25) is 4.46 Å². The molecule has 1 heterocycles. The number of para-hydroxylation sites is 1. The lowest BCUT2D eigenvalue weighted by Gasteiger charge is -2.29. The number of rotatable bonds is 0. The normalized spacial score (nSPS) is 18.5. The molecule has 2 rings (SSSR count). The summed E-state index contributed by atoms with van der Waals surface area (Å²) in [6.45, 7) is 0. The molecule has 1 aromatic carbocycles. The Morgan fingerprint density at radius 1 is 1.23 bits per heavy atom. The molecule has 13 heavy (non-hydrogen) atoms. The number of benzene rings is 1. The zero-order valence-corrected chi connectivity index (χ0v) is 7.99. The molecule has 2 amide bonds. The van der Waals surface area contributed by atoms with E-state index in [2.05, 4.69) is 10.6 Å². The summed E-state index contributed by atoms with van der Waals surface area (Å²) in [4.78, 5) is 11.1. The van der Waals surface area contributed by atoms with Gasteiger partial charge in [-0.15, -0.1) is 0 Å². The maximum absolute atomic E-state index is 11.1. The summed E-state index contributed by atoms with van der Waals surface area (Å²) >= 11 is 11.8. The molecule has 0 aromatic heterocycles. The highest BCUT2D eigenvalue weighted by atomic mass is 35.5. The molecule has 0 bridgehead atoms. The van der Waals surface area contributed by atoms with Crippen molar-refractivity contribution in [3.05, 3.63) is 29.8 Å². The first kappa shape index (κ1) is 8.66. The van der Waals surface area contributed by atoms with E-state index in [0.717, 1.165) is 0 Å². The smallest absolute Gasteiger partial charge is 0.307 e. The molecule has 0 saturated heterocycles. The van der Waals surface area contributed by atoms with Crippen LogP contribution in [0.3, 0.4) is 0 Å². The van der Waals surface area contributed by atoms with Crippen LogP contribution in [0.5, 0.6) is 0 Å². The summed E-state index contributed by atoms with van der Waals surface area (Å²) in [5.74, 6) is 0. The first-order valence-corrected chi connectivity index (χ1v) is 4.42. The maximum atomic E-state index is 11.1. The monoisotopic (exact) mass is 216 g/mol. The van der Waals surface area contributed by atoms with Crippen molar-refractivity contribution in [3.8, 4) is 0 Å². The topological polar surface area (TPSA) is 41.1 Å². The molecule has 0 spiro atoms. The van der Waals surface area contributed by atoms with E-state index in [0.29, 0.717) is 11.3 Å². The lowest BCUT2D eigenvalue weighted by Crippen LogP contribution is -2.44. The molecule has 1 aliphatic rings. The molecule has 5 heteroatoms. The highest BCUT2D eigenvalue weighted by Crippen LogP contribution is 2.38. The largest absolute Gasteiger partial charge is 0.321 e. The molecular formula is C8H6Cl2N2O. The van der Waals surface area contributed by atoms with Gasteiger partial charge < -0.3 is 10.6 Å². The van der Waals surface area contributed by atoms with Crippen LogP contribution in [0.15, 0.2) is 24.3 Å². The van der Waals surface area contributed by atoms with E-state index in [4.69, 9.17) is 23.2 Å². The van der Waals surface area contributed by atoms with Crippen molar-refractivity contribution < 1.29 is 4.79 Å². The summed E-state index contributed by atoms with van der Waals surface area (Å²) in [6.07, 6.45) is 0. The van der Waals surface area contributed by atoms with E-state index in [-0.39, 0.29) is 0 Å². The predicted molar refractivity (Wildman–Crippen MR) is 52.0 cm³/mol. The molecule has 0 atom stereocenters. The molecule has 68 valence electrons. The van der Waals surface area contributed by atoms with Gasteiger partial charge in [-0.05, 0) is 6.07 Å². The van der Waals surface area contributed by atoms with Crippen molar-refractivity contribution in [1.82, 2.24) is 5.32 Å². The van der Waals surface area contributed by atoms with Crippen LogP contribution in [-0.4, -0.2) is 6.03 Å². The Kier molecular flexibility index (Phi) is 1.86. The average molecular weight is 217 g/mol. The fourth-order valence-electron chi connectivity index (χ4n) is 1.23. The summed E-state index contributed by atoms with van der Waals surface area (Å²) in [7, 11) is 0. The minimum atomic E-state index is -1.33. The Morgan fingerprint density at radius 3 is 2.69 bits per heavy atom. The van der Waals surface area contributed by atoms with Gasteiger partial charge in [-0.2, -0.15) is 0 Å². The molecule has 0 radical (unpaired) electrons. The van der Waals surface area contributed by atoms with Crippen molar-refractivity contribution in [3.63, 3.8) is 0 Å². The van der Waals surface area contributed by atoms with Gasteiger partial charge in [0, 0.05) is 5.56 Å². The van der Waals surface area contributed by atoms with E-state index in [1.165, 1.54) is 0 Å². The Balaban J connectivity index is 2.56. The van der Waals surface area contributed by atoms with E-state index in [9.17, 15) is 4.79 Å². The maximum Gasteiger partial charge on any atom is 0.321 e. The van der Waals surface area contributed by atoms with E-state index in [1.54, 1.807) is 24.3 Å². The Labute approximate surface area is 85.0 Å². The number of fused-ring (bicyclic) bond motifs is 1. The third-order valence-electron chi connectivity index (χ3n) is 1.78. The van der Waals surface area contributed by atoms with E-state index in [1.807, 2.05) is 0 Å². The highest BCUT2D eigenvalue weighted by molar-refractivity contribution is 6.49. The number of alkyl halides is 2. The van der Waals surface area contributed by atoms with Crippen molar-refractivity contribution in [2.75, 3.05) is 5.32 Å². The molecule has 0 saturated carbocycles. The molecule has 3 nitrogen and oxygen atoms in total. The fraction of sp³-hybridized carbons (Fsp3) is 0.125. The van der Waals surface area contributed by atoms with Crippen LogP contribution in [0, 0.1) is 0 Å². The summed E-state index contributed by atoms with van der Waals surface area (Å²) < 4.78 is -1.33. The van der Waals surface area contributed by atoms with Gasteiger partial charge in [-0.1, -0.05) is 41.4 Å². The third kappa shape index (κ3) is 1.45. The zero-order chi connectivity index (χ0) is 9.47. The van der Waals surface area contributed by atoms with Crippen molar-refractivity contribution in [2.45, 2.75) is 4.46 Å². The zero-order valence-electron chi connectivity index (χ0n) is 6.47. The van der Waals surface area contributed by atoms with Crippen LogP contribution >= 0.6 is 23.2 Å². The van der Waals surface area contributed by atoms with Crippen LogP contribution in [-0.2, 0) is 4.46 Å². The molecular weight excluding hydrogens is 211 g/mol. The average Bonchev–Trinajstić information content (AvgIpc) is 2.02. The molecule has 0 aliphatic carbocycles. The Morgan fingerprint density at radius 2 is 1.92 bits per heavy atom. The molecule has 1 aliphatic heterocycles. The minimum Gasteiger partial charge on any atom is -0.307 e. The standard InChI is InChI=1S/C8H6Cl2N2O/c9-8(10)5-3-1-2-4-6(5)11-7(13)12-8/h1-4H,(H2,11,12,13). The van der Waals surface area contributed by atoms with Crippen molar-refractivity contribution >= 4 is 34.9 Å². The summed E-state index contributed by atoms with van der Waals surface area (Å²) in [6, 6.07) is 6.70. The van der Waals surface area contributed by atoms with Gasteiger partial charge >= 0.3 is 6.03 Å². The lowest BCUT2D eigenvalue weighted by molar-refractivity contribution is 0.249. The fourth-order valence-corrected chi connectivity index (χ4v) is 1.73. The molecule has 0 fully saturated rings. The van der Waals surface area contributed by atoms with Crippen LogP contribution < -0.4 is 10.6 Å². The van der Waals surface area contributed by atoms with E-state index >= 15 is 0 Å². The highest BCUT2D eigenvalue weighted by Gasteiger charge is 2.35. The van der Waals surface area contributed by atoms with Crippen LogP contribution in [0.1, 0.15) is 5.56 Å². The number of carbonyl (C=O) groups is 1. The first-order chi connectivity index (χ1) is 6.09. The number of carbonyl (C=O) groups excluding carboxylic acids is 1. The second kappa shape index (κ2) is 2.79. The van der Waals surface area contributed by atoms with Gasteiger partial charge in [0.15, 0.2) is 0 Å². The summed E-state index contributed by atoms with van der Waals surface area (Å²) in [5.41, 5.74) is 1.29. The number of amides is 2. The number of hydrogen-bond donors (Lipinski definition) is 2. The van der Waals surface area contributed by atoms with Crippen molar-refractivity contribution in [1.29, 1.82) is 0 Å². The first-order valence-electron chi connectivity index (χ1n) is 3.66. The van der Waals surface area contributed by atoms with Crippen LogP contribution in [0.2, 0.25) is 0 Å². The molecule has 0 unspecified atom stereocenters.